The van der Waals surface area contributed by atoms with Crippen LogP contribution in [0.15, 0.2) is 66.3 Å². The first-order valence-corrected chi connectivity index (χ1v) is 9.44. The van der Waals surface area contributed by atoms with Crippen LogP contribution in [0.4, 0.5) is 13.2 Å². The van der Waals surface area contributed by atoms with Crippen LogP contribution in [0.3, 0.4) is 0 Å². The molecule has 9 heteroatoms. The van der Waals surface area contributed by atoms with Crippen LogP contribution >= 0.6 is 0 Å². The third kappa shape index (κ3) is 5.48. The lowest BCUT2D eigenvalue weighted by atomic mass is 9.76. The van der Waals surface area contributed by atoms with Gasteiger partial charge in [0.1, 0.15) is 18.1 Å². The number of carboxylic acids is 2. The predicted molar refractivity (Wildman–Crippen MR) is 108 cm³/mol. The molecule has 6 nitrogen and oxygen atoms in total. The molecule has 0 saturated carbocycles. The van der Waals surface area contributed by atoms with E-state index in [1.165, 1.54) is 25.1 Å². The molecule has 0 bridgehead atoms. The van der Waals surface area contributed by atoms with E-state index in [4.69, 9.17) is 4.74 Å². The quantitative estimate of drug-likeness (QED) is 0.616. The number of hydrogen-bond donors (Lipinski definition) is 2. The predicted octanol–water partition coefficient (Wildman–Crippen LogP) is 5.05. The van der Waals surface area contributed by atoms with Gasteiger partial charge in [0.25, 0.3) is 0 Å². The number of hydrogen-bond acceptors (Lipinski definition) is 4. The molecule has 1 unspecified atom stereocenters. The number of ether oxygens (including phenoxy) is 2. The van der Waals surface area contributed by atoms with E-state index in [0.717, 1.165) is 17.7 Å². The van der Waals surface area contributed by atoms with Gasteiger partial charge in [-0.25, -0.2) is 4.79 Å². The Balaban J connectivity index is 2.09. The molecule has 32 heavy (non-hydrogen) atoms. The van der Waals surface area contributed by atoms with Gasteiger partial charge in [-0.05, 0) is 48.8 Å². The SMILES string of the molecule is CC1(C(=O)O)C=C(c2cc(OC(F)(F)F)ccc2OCc2ccccc2)C=C(C(=O)O)C1. The fraction of sp³-hybridized carbons (Fsp3) is 0.217. The molecular formula is C23H19F3O6. The van der Waals surface area contributed by atoms with E-state index in [9.17, 15) is 33.0 Å². The van der Waals surface area contributed by atoms with Gasteiger partial charge >= 0.3 is 18.3 Å². The molecule has 0 spiro atoms. The zero-order valence-corrected chi connectivity index (χ0v) is 16.8. The summed E-state index contributed by atoms with van der Waals surface area (Å²) in [5.74, 6) is -2.99. The average molecular weight is 448 g/mol. The van der Waals surface area contributed by atoms with Crippen molar-refractivity contribution >= 4 is 17.5 Å². The van der Waals surface area contributed by atoms with Crippen molar-refractivity contribution in [2.45, 2.75) is 26.3 Å². The molecule has 1 aliphatic rings. The van der Waals surface area contributed by atoms with Crippen molar-refractivity contribution in [3.8, 4) is 11.5 Å². The number of alkyl halides is 3. The first-order valence-electron chi connectivity index (χ1n) is 9.44. The first-order chi connectivity index (χ1) is 15.0. The van der Waals surface area contributed by atoms with E-state index in [2.05, 4.69) is 4.74 Å². The normalized spacial score (nSPS) is 18.4. The lowest BCUT2D eigenvalue weighted by Gasteiger charge is -2.27. The van der Waals surface area contributed by atoms with Gasteiger partial charge in [-0.3, -0.25) is 4.79 Å². The van der Waals surface area contributed by atoms with Gasteiger partial charge in [-0.15, -0.1) is 13.2 Å². The van der Waals surface area contributed by atoms with Gasteiger partial charge in [-0.1, -0.05) is 36.4 Å². The van der Waals surface area contributed by atoms with Crippen molar-refractivity contribution in [2.24, 2.45) is 5.41 Å². The molecule has 0 heterocycles. The maximum absolute atomic E-state index is 12.7. The highest BCUT2D eigenvalue weighted by molar-refractivity contribution is 5.96. The molecule has 2 aromatic carbocycles. The highest BCUT2D eigenvalue weighted by Gasteiger charge is 2.37. The van der Waals surface area contributed by atoms with Crippen LogP contribution < -0.4 is 9.47 Å². The Morgan fingerprint density at radius 3 is 2.38 bits per heavy atom. The van der Waals surface area contributed by atoms with E-state index >= 15 is 0 Å². The molecule has 2 aromatic rings. The number of carboxylic acid groups (broad SMARTS) is 2. The van der Waals surface area contributed by atoms with Crippen molar-refractivity contribution in [1.29, 1.82) is 0 Å². The lowest BCUT2D eigenvalue weighted by Crippen LogP contribution is -2.29. The number of aliphatic carboxylic acids is 2. The summed E-state index contributed by atoms with van der Waals surface area (Å²) < 4.78 is 48.0. The molecule has 3 rings (SSSR count). The maximum Gasteiger partial charge on any atom is 0.573 e. The molecule has 0 aliphatic heterocycles. The number of halogens is 3. The number of rotatable bonds is 7. The summed E-state index contributed by atoms with van der Waals surface area (Å²) in [5, 5.41) is 19.1. The zero-order chi connectivity index (χ0) is 23.5. The van der Waals surface area contributed by atoms with E-state index in [1.54, 1.807) is 24.3 Å². The minimum atomic E-state index is -4.94. The number of carbonyl (C=O) groups is 2. The Morgan fingerprint density at radius 1 is 1.09 bits per heavy atom. The third-order valence-corrected chi connectivity index (χ3v) is 4.86. The van der Waals surface area contributed by atoms with Crippen molar-refractivity contribution in [2.75, 3.05) is 0 Å². The molecule has 168 valence electrons. The molecule has 0 amide bonds. The number of benzene rings is 2. The highest BCUT2D eigenvalue weighted by Crippen LogP contribution is 2.41. The Hall–Kier alpha value is -3.75. The van der Waals surface area contributed by atoms with Gasteiger partial charge in [0, 0.05) is 11.1 Å². The van der Waals surface area contributed by atoms with Gasteiger partial charge < -0.3 is 19.7 Å². The molecule has 0 aromatic heterocycles. The second-order valence-corrected chi connectivity index (χ2v) is 7.45. The summed E-state index contributed by atoms with van der Waals surface area (Å²) in [5.41, 5.74) is -0.787. The van der Waals surface area contributed by atoms with Crippen LogP contribution in [0.2, 0.25) is 0 Å². The van der Waals surface area contributed by atoms with Crippen molar-refractivity contribution in [1.82, 2.24) is 0 Å². The third-order valence-electron chi connectivity index (χ3n) is 4.86. The second kappa shape index (κ2) is 8.78. The largest absolute Gasteiger partial charge is 0.573 e. The van der Waals surface area contributed by atoms with Crippen LogP contribution in [0.5, 0.6) is 11.5 Å². The second-order valence-electron chi connectivity index (χ2n) is 7.45. The van der Waals surface area contributed by atoms with Crippen LogP contribution in [-0.2, 0) is 16.2 Å². The minimum absolute atomic E-state index is 0.0774. The monoisotopic (exact) mass is 448 g/mol. The summed E-state index contributed by atoms with van der Waals surface area (Å²) >= 11 is 0. The van der Waals surface area contributed by atoms with Gasteiger partial charge in [0.05, 0.1) is 5.41 Å². The molecule has 0 radical (unpaired) electrons. The first kappa shape index (κ1) is 22.9. The highest BCUT2D eigenvalue weighted by atomic mass is 19.4. The van der Waals surface area contributed by atoms with Gasteiger partial charge in [-0.2, -0.15) is 0 Å². The van der Waals surface area contributed by atoms with Crippen LogP contribution in [0.25, 0.3) is 5.57 Å². The Kier molecular flexibility index (Phi) is 6.29. The van der Waals surface area contributed by atoms with E-state index < -0.39 is 29.5 Å². The maximum atomic E-state index is 12.7. The Labute approximate surface area is 181 Å². The Bertz CT molecular complexity index is 1090. The topological polar surface area (TPSA) is 93.1 Å². The summed E-state index contributed by atoms with van der Waals surface area (Å²) in [6.45, 7) is 1.43. The van der Waals surface area contributed by atoms with Gasteiger partial charge in [0.2, 0.25) is 0 Å². The summed E-state index contributed by atoms with van der Waals surface area (Å²) in [7, 11) is 0. The smallest absolute Gasteiger partial charge is 0.488 e. The molecule has 2 N–H and O–H groups in total. The fourth-order valence-electron chi connectivity index (χ4n) is 3.29. The van der Waals surface area contributed by atoms with E-state index in [0.29, 0.717) is 0 Å². The van der Waals surface area contributed by atoms with E-state index in [1.807, 2.05) is 6.07 Å². The summed E-state index contributed by atoms with van der Waals surface area (Å²) in [6.07, 6.45) is -2.68. The lowest BCUT2D eigenvalue weighted by molar-refractivity contribution is -0.274. The average Bonchev–Trinajstić information content (AvgIpc) is 2.72. The summed E-state index contributed by atoms with van der Waals surface area (Å²) in [6, 6.07) is 12.4. The summed E-state index contributed by atoms with van der Waals surface area (Å²) in [4.78, 5) is 23.4. The molecule has 1 atom stereocenters. The van der Waals surface area contributed by atoms with Crippen molar-refractivity contribution in [3.05, 3.63) is 77.4 Å². The number of allylic oxidation sites excluding steroid dienone is 2. The van der Waals surface area contributed by atoms with Crippen LogP contribution in [-0.4, -0.2) is 28.5 Å². The minimum Gasteiger partial charge on any atom is -0.488 e. The molecular weight excluding hydrogens is 429 g/mol. The van der Waals surface area contributed by atoms with Crippen molar-refractivity contribution < 1.29 is 42.4 Å². The van der Waals surface area contributed by atoms with Gasteiger partial charge in [0.15, 0.2) is 0 Å². The molecule has 0 fully saturated rings. The van der Waals surface area contributed by atoms with Crippen LogP contribution in [0, 0.1) is 5.41 Å². The zero-order valence-electron chi connectivity index (χ0n) is 16.8. The molecule has 0 saturated heterocycles. The van der Waals surface area contributed by atoms with E-state index in [-0.39, 0.29) is 35.5 Å². The van der Waals surface area contributed by atoms with Crippen LogP contribution in [0.1, 0.15) is 24.5 Å². The van der Waals surface area contributed by atoms with Crippen molar-refractivity contribution in [3.63, 3.8) is 0 Å². The molecule has 1 aliphatic carbocycles. The Morgan fingerprint density at radius 2 is 1.78 bits per heavy atom. The standard InChI is InChI=1S/C23H19F3O6/c1-22(21(29)30)11-15(9-16(12-22)20(27)28)18-10-17(32-23(24,25)26)7-8-19(18)31-13-14-5-3-2-4-6-14/h2-11H,12-13H2,1H3,(H,27,28)(H,29,30). The fourth-order valence-corrected chi connectivity index (χ4v) is 3.29.